The largest absolute Gasteiger partial charge is 0.453 e. The van der Waals surface area contributed by atoms with Crippen LogP contribution in [0.3, 0.4) is 0 Å². The maximum absolute atomic E-state index is 11.6. The van der Waals surface area contributed by atoms with Crippen LogP contribution in [0.15, 0.2) is 24.3 Å². The van der Waals surface area contributed by atoms with Crippen molar-refractivity contribution in [3.05, 3.63) is 35.4 Å². The lowest BCUT2D eigenvalue weighted by atomic mass is 10.1. The van der Waals surface area contributed by atoms with E-state index < -0.39 is 6.09 Å². The number of carbonyl (C=O) groups is 2. The monoisotopic (exact) mass is 218 g/mol. The number of nitriles is 1. The Hall–Kier alpha value is -2.35. The Kier molecular flexibility index (Phi) is 4.04. The molecule has 0 saturated carbocycles. The number of nitrogens with zero attached hydrogens (tertiary/aromatic N) is 1. The molecule has 0 spiro atoms. The van der Waals surface area contributed by atoms with Crippen LogP contribution < -0.4 is 5.32 Å². The van der Waals surface area contributed by atoms with Gasteiger partial charge in [0.05, 0.1) is 25.3 Å². The molecule has 0 unspecified atom stereocenters. The summed E-state index contributed by atoms with van der Waals surface area (Å²) in [5.74, 6) is -0.275. The van der Waals surface area contributed by atoms with Crippen molar-refractivity contribution in [2.24, 2.45) is 0 Å². The fourth-order valence-corrected chi connectivity index (χ4v) is 1.09. The first-order valence-corrected chi connectivity index (χ1v) is 4.52. The average molecular weight is 218 g/mol. The fourth-order valence-electron chi connectivity index (χ4n) is 1.09. The van der Waals surface area contributed by atoms with Crippen LogP contribution in [0.1, 0.15) is 15.9 Å². The highest BCUT2D eigenvalue weighted by molar-refractivity contribution is 5.99. The van der Waals surface area contributed by atoms with Gasteiger partial charge in [-0.25, -0.2) is 4.79 Å². The van der Waals surface area contributed by atoms with Crippen LogP contribution in [-0.4, -0.2) is 25.5 Å². The zero-order valence-corrected chi connectivity index (χ0v) is 8.69. The molecule has 5 nitrogen and oxygen atoms in total. The molecule has 5 heteroatoms. The second kappa shape index (κ2) is 5.51. The Morgan fingerprint density at radius 1 is 1.50 bits per heavy atom. The van der Waals surface area contributed by atoms with Gasteiger partial charge in [0.15, 0.2) is 5.78 Å². The summed E-state index contributed by atoms with van der Waals surface area (Å²) in [6.07, 6.45) is -0.662. The van der Waals surface area contributed by atoms with E-state index in [0.717, 1.165) is 0 Å². The molecule has 0 aromatic heterocycles. The molecule has 0 aliphatic carbocycles. The zero-order valence-electron chi connectivity index (χ0n) is 8.69. The van der Waals surface area contributed by atoms with Gasteiger partial charge in [-0.1, -0.05) is 12.1 Å². The van der Waals surface area contributed by atoms with E-state index in [1.165, 1.54) is 13.2 Å². The number of nitrogens with one attached hydrogen (secondary N) is 1. The molecule has 16 heavy (non-hydrogen) atoms. The van der Waals surface area contributed by atoms with E-state index in [2.05, 4.69) is 10.1 Å². The third-order valence-electron chi connectivity index (χ3n) is 1.89. The molecule has 0 aliphatic rings. The minimum absolute atomic E-state index is 0.151. The predicted octanol–water partition coefficient (Wildman–Crippen LogP) is 1.10. The molecule has 0 radical (unpaired) electrons. The number of amides is 1. The lowest BCUT2D eigenvalue weighted by Crippen LogP contribution is -2.29. The number of ketones is 1. The number of Topliss-reactive ketones (excluding diaryl/α,β-unsaturated/α-hetero) is 1. The van der Waals surface area contributed by atoms with Crippen molar-refractivity contribution in [3.8, 4) is 6.07 Å². The summed E-state index contributed by atoms with van der Waals surface area (Å²) in [7, 11) is 1.22. The quantitative estimate of drug-likeness (QED) is 0.770. The SMILES string of the molecule is COC(=O)NCC(=O)c1cccc(C#N)c1. The third-order valence-corrected chi connectivity index (χ3v) is 1.89. The van der Waals surface area contributed by atoms with Crippen LogP contribution >= 0.6 is 0 Å². The minimum atomic E-state index is -0.662. The second-order valence-electron chi connectivity index (χ2n) is 2.96. The summed E-state index contributed by atoms with van der Waals surface area (Å²) >= 11 is 0. The summed E-state index contributed by atoms with van der Waals surface area (Å²) in [6, 6.07) is 8.21. The molecule has 1 aromatic rings. The lowest BCUT2D eigenvalue weighted by Gasteiger charge is -2.03. The van der Waals surface area contributed by atoms with Gasteiger partial charge in [-0.3, -0.25) is 4.79 Å². The smallest absolute Gasteiger partial charge is 0.407 e. The van der Waals surface area contributed by atoms with E-state index in [9.17, 15) is 9.59 Å². The topological polar surface area (TPSA) is 79.2 Å². The van der Waals surface area contributed by atoms with Gasteiger partial charge < -0.3 is 10.1 Å². The van der Waals surface area contributed by atoms with Crippen LogP contribution in [0, 0.1) is 11.3 Å². The molecule has 0 bridgehead atoms. The lowest BCUT2D eigenvalue weighted by molar-refractivity contribution is 0.0983. The van der Waals surface area contributed by atoms with Crippen LogP contribution in [0.2, 0.25) is 0 Å². The van der Waals surface area contributed by atoms with Gasteiger partial charge in [-0.2, -0.15) is 5.26 Å². The molecule has 1 N–H and O–H groups in total. The minimum Gasteiger partial charge on any atom is -0.453 e. The van der Waals surface area contributed by atoms with E-state index in [0.29, 0.717) is 11.1 Å². The van der Waals surface area contributed by atoms with Crippen LogP contribution in [0.5, 0.6) is 0 Å². The van der Waals surface area contributed by atoms with Crippen molar-refractivity contribution in [2.45, 2.75) is 0 Å². The summed E-state index contributed by atoms with van der Waals surface area (Å²) < 4.78 is 4.33. The van der Waals surface area contributed by atoms with Crippen molar-refractivity contribution in [1.82, 2.24) is 5.32 Å². The molecule has 1 amide bonds. The average Bonchev–Trinajstić information content (AvgIpc) is 2.35. The van der Waals surface area contributed by atoms with Crippen molar-refractivity contribution >= 4 is 11.9 Å². The van der Waals surface area contributed by atoms with E-state index in [-0.39, 0.29) is 12.3 Å². The predicted molar refractivity (Wildman–Crippen MR) is 55.9 cm³/mol. The van der Waals surface area contributed by atoms with Gasteiger partial charge >= 0.3 is 6.09 Å². The normalized spacial score (nSPS) is 9.00. The second-order valence-corrected chi connectivity index (χ2v) is 2.96. The number of hydrogen-bond donors (Lipinski definition) is 1. The summed E-state index contributed by atoms with van der Waals surface area (Å²) in [6.45, 7) is -0.151. The van der Waals surface area contributed by atoms with Gasteiger partial charge in [-0.15, -0.1) is 0 Å². The standard InChI is InChI=1S/C11H10N2O3/c1-16-11(15)13-7-10(14)9-4-2-3-8(5-9)6-12/h2-5H,7H2,1H3,(H,13,15). The Bertz CT molecular complexity index is 449. The maximum Gasteiger partial charge on any atom is 0.407 e. The number of ether oxygens (including phenoxy) is 1. The molecule has 0 atom stereocenters. The number of rotatable bonds is 3. The van der Waals surface area contributed by atoms with Gasteiger partial charge in [0.25, 0.3) is 0 Å². The van der Waals surface area contributed by atoms with Crippen LogP contribution in [0.4, 0.5) is 4.79 Å². The number of carbonyl (C=O) groups excluding carboxylic acids is 2. The van der Waals surface area contributed by atoms with E-state index in [1.54, 1.807) is 18.2 Å². The third kappa shape index (κ3) is 3.10. The Balaban J connectivity index is 2.66. The number of hydrogen-bond acceptors (Lipinski definition) is 4. The summed E-state index contributed by atoms with van der Waals surface area (Å²) in [5, 5.41) is 10.9. The Morgan fingerprint density at radius 2 is 2.25 bits per heavy atom. The van der Waals surface area contributed by atoms with E-state index in [1.807, 2.05) is 6.07 Å². The molecule has 0 aliphatic heterocycles. The molecular formula is C11H10N2O3. The number of methoxy groups -OCH3 is 1. The van der Waals surface area contributed by atoms with E-state index >= 15 is 0 Å². The number of alkyl carbamates (subject to hydrolysis) is 1. The molecule has 0 heterocycles. The highest BCUT2D eigenvalue weighted by Crippen LogP contribution is 2.04. The molecule has 1 rings (SSSR count). The zero-order chi connectivity index (χ0) is 12.0. The van der Waals surface area contributed by atoms with Gasteiger partial charge in [0.2, 0.25) is 0 Å². The van der Waals surface area contributed by atoms with Crippen LogP contribution in [0.25, 0.3) is 0 Å². The molecule has 0 fully saturated rings. The fraction of sp³-hybridized carbons (Fsp3) is 0.182. The van der Waals surface area contributed by atoms with Gasteiger partial charge in [0, 0.05) is 5.56 Å². The first kappa shape index (κ1) is 11.7. The first-order valence-electron chi connectivity index (χ1n) is 4.52. The molecule has 82 valence electrons. The van der Waals surface area contributed by atoms with Crippen molar-refractivity contribution in [2.75, 3.05) is 13.7 Å². The van der Waals surface area contributed by atoms with E-state index in [4.69, 9.17) is 5.26 Å². The van der Waals surface area contributed by atoms with Crippen molar-refractivity contribution in [1.29, 1.82) is 5.26 Å². The molecular weight excluding hydrogens is 208 g/mol. The van der Waals surface area contributed by atoms with Crippen molar-refractivity contribution in [3.63, 3.8) is 0 Å². The summed E-state index contributed by atoms with van der Waals surface area (Å²) in [4.78, 5) is 22.3. The summed E-state index contributed by atoms with van der Waals surface area (Å²) in [5.41, 5.74) is 0.791. The number of benzene rings is 1. The highest BCUT2D eigenvalue weighted by atomic mass is 16.5. The Labute approximate surface area is 92.6 Å². The van der Waals surface area contributed by atoms with Crippen molar-refractivity contribution < 1.29 is 14.3 Å². The van der Waals surface area contributed by atoms with Gasteiger partial charge in [0.1, 0.15) is 0 Å². The molecule has 0 saturated heterocycles. The maximum atomic E-state index is 11.6. The Morgan fingerprint density at radius 3 is 2.88 bits per heavy atom. The van der Waals surface area contributed by atoms with Gasteiger partial charge in [-0.05, 0) is 12.1 Å². The highest BCUT2D eigenvalue weighted by Gasteiger charge is 2.08. The van der Waals surface area contributed by atoms with Crippen LogP contribution in [-0.2, 0) is 4.74 Å². The first-order chi connectivity index (χ1) is 7.67. The molecule has 1 aromatic carbocycles.